The lowest BCUT2D eigenvalue weighted by atomic mass is 10.1. The number of hydrogen-bond acceptors (Lipinski definition) is 2. The number of carbonyl (C=O) groups is 1. The average molecular weight is 312 g/mol. The third kappa shape index (κ3) is 2.47. The summed E-state index contributed by atoms with van der Waals surface area (Å²) in [6.45, 7) is 0. The van der Waals surface area contributed by atoms with E-state index < -0.39 is 0 Å². The van der Waals surface area contributed by atoms with Crippen LogP contribution in [0.1, 0.15) is 15.9 Å². The summed E-state index contributed by atoms with van der Waals surface area (Å²) < 4.78 is 5.92. The zero-order valence-electron chi connectivity index (χ0n) is 7.94. The number of benzene rings is 1. The van der Waals surface area contributed by atoms with E-state index >= 15 is 0 Å². The zero-order valence-corrected chi connectivity index (χ0v) is 10.1. The first kappa shape index (κ1) is 10.4. The number of furan rings is 1. The molecule has 76 valence electrons. The minimum Gasteiger partial charge on any atom is -0.472 e. The van der Waals surface area contributed by atoms with Gasteiger partial charge in [-0.3, -0.25) is 4.79 Å². The van der Waals surface area contributed by atoms with Crippen molar-refractivity contribution >= 4 is 28.4 Å². The van der Waals surface area contributed by atoms with Crippen LogP contribution < -0.4 is 0 Å². The van der Waals surface area contributed by atoms with Crippen LogP contribution in [0.2, 0.25) is 0 Å². The molecule has 1 aromatic heterocycles. The third-order valence-corrected chi connectivity index (χ3v) is 3.06. The fraction of sp³-hybridized carbons (Fsp3) is 0.0833. The van der Waals surface area contributed by atoms with Crippen molar-refractivity contribution in [2.24, 2.45) is 0 Å². The fourth-order valence-electron chi connectivity index (χ4n) is 1.36. The van der Waals surface area contributed by atoms with Gasteiger partial charge in [0.2, 0.25) is 0 Å². The van der Waals surface area contributed by atoms with Gasteiger partial charge in [0.1, 0.15) is 0 Å². The van der Waals surface area contributed by atoms with Crippen molar-refractivity contribution in [3.05, 3.63) is 57.6 Å². The SMILES string of the molecule is O=C(Cc1ccoc1)c1ccccc1I. The standard InChI is InChI=1S/C12H9IO2/c13-11-4-2-1-3-10(11)12(14)7-9-5-6-15-8-9/h1-6,8H,7H2. The smallest absolute Gasteiger partial charge is 0.168 e. The predicted octanol–water partition coefficient (Wildman–Crippen LogP) is 3.31. The van der Waals surface area contributed by atoms with Gasteiger partial charge in [-0.05, 0) is 40.3 Å². The summed E-state index contributed by atoms with van der Waals surface area (Å²) in [6, 6.07) is 9.40. The van der Waals surface area contributed by atoms with Gasteiger partial charge in [-0.25, -0.2) is 0 Å². The van der Waals surface area contributed by atoms with Gasteiger partial charge in [0.25, 0.3) is 0 Å². The normalized spacial score (nSPS) is 10.2. The minimum absolute atomic E-state index is 0.126. The molecule has 15 heavy (non-hydrogen) atoms. The van der Waals surface area contributed by atoms with E-state index in [1.807, 2.05) is 30.3 Å². The summed E-state index contributed by atoms with van der Waals surface area (Å²) in [5.74, 6) is 0.126. The van der Waals surface area contributed by atoms with Gasteiger partial charge >= 0.3 is 0 Å². The Kier molecular flexibility index (Phi) is 3.20. The molecule has 3 heteroatoms. The minimum atomic E-state index is 0.126. The van der Waals surface area contributed by atoms with E-state index in [0.717, 1.165) is 14.7 Å². The van der Waals surface area contributed by atoms with E-state index in [2.05, 4.69) is 22.6 Å². The molecule has 0 N–H and O–H groups in total. The summed E-state index contributed by atoms with van der Waals surface area (Å²) >= 11 is 2.17. The highest BCUT2D eigenvalue weighted by Crippen LogP contribution is 2.14. The molecule has 2 nitrogen and oxygen atoms in total. The summed E-state index contributed by atoms with van der Waals surface area (Å²) in [5.41, 5.74) is 1.69. The van der Waals surface area contributed by atoms with Crippen LogP contribution in [0.25, 0.3) is 0 Å². The number of Topliss-reactive ketones (excluding diaryl/α,β-unsaturated/α-hetero) is 1. The second kappa shape index (κ2) is 4.61. The topological polar surface area (TPSA) is 30.2 Å². The molecule has 0 bridgehead atoms. The molecular formula is C12H9IO2. The molecule has 0 fully saturated rings. The Labute approximate surface area is 101 Å². The molecule has 2 rings (SSSR count). The van der Waals surface area contributed by atoms with Crippen LogP contribution in [-0.4, -0.2) is 5.78 Å². The molecule has 0 aliphatic rings. The highest BCUT2D eigenvalue weighted by atomic mass is 127. The molecule has 0 aliphatic heterocycles. The largest absolute Gasteiger partial charge is 0.472 e. The first-order valence-electron chi connectivity index (χ1n) is 4.56. The van der Waals surface area contributed by atoms with E-state index in [9.17, 15) is 4.79 Å². The summed E-state index contributed by atoms with van der Waals surface area (Å²) in [7, 11) is 0. The number of ketones is 1. The van der Waals surface area contributed by atoms with Crippen LogP contribution in [0.5, 0.6) is 0 Å². The Morgan fingerprint density at radius 3 is 2.73 bits per heavy atom. The second-order valence-corrected chi connectivity index (χ2v) is 4.37. The van der Waals surface area contributed by atoms with Crippen molar-refractivity contribution in [1.29, 1.82) is 0 Å². The van der Waals surface area contributed by atoms with Gasteiger partial charge in [0, 0.05) is 15.6 Å². The number of rotatable bonds is 3. The first-order chi connectivity index (χ1) is 7.27. The van der Waals surface area contributed by atoms with Gasteiger partial charge < -0.3 is 4.42 Å². The van der Waals surface area contributed by atoms with E-state index in [4.69, 9.17) is 4.42 Å². The van der Waals surface area contributed by atoms with E-state index in [0.29, 0.717) is 6.42 Å². The third-order valence-electron chi connectivity index (χ3n) is 2.12. The summed E-state index contributed by atoms with van der Waals surface area (Å²) in [6.07, 6.45) is 3.59. The lowest BCUT2D eigenvalue weighted by molar-refractivity contribution is 0.0992. The number of hydrogen-bond donors (Lipinski definition) is 0. The second-order valence-electron chi connectivity index (χ2n) is 3.21. The molecule has 0 aliphatic carbocycles. The Bertz CT molecular complexity index is 460. The molecule has 0 saturated heterocycles. The zero-order chi connectivity index (χ0) is 10.7. The highest BCUT2D eigenvalue weighted by Gasteiger charge is 2.10. The molecule has 0 saturated carbocycles. The Morgan fingerprint density at radius 1 is 1.27 bits per heavy atom. The van der Waals surface area contributed by atoms with Crippen LogP contribution in [0.3, 0.4) is 0 Å². The summed E-state index contributed by atoms with van der Waals surface area (Å²) in [4.78, 5) is 11.9. The van der Waals surface area contributed by atoms with Crippen molar-refractivity contribution in [1.82, 2.24) is 0 Å². The van der Waals surface area contributed by atoms with E-state index in [1.54, 1.807) is 12.5 Å². The van der Waals surface area contributed by atoms with Crippen molar-refractivity contribution < 1.29 is 9.21 Å². The van der Waals surface area contributed by atoms with Crippen molar-refractivity contribution in [3.8, 4) is 0 Å². The van der Waals surface area contributed by atoms with Crippen LogP contribution in [0, 0.1) is 3.57 Å². The monoisotopic (exact) mass is 312 g/mol. The van der Waals surface area contributed by atoms with Gasteiger partial charge in [-0.1, -0.05) is 18.2 Å². The van der Waals surface area contributed by atoms with Gasteiger partial charge in [0.15, 0.2) is 5.78 Å². The molecule has 0 atom stereocenters. The highest BCUT2D eigenvalue weighted by molar-refractivity contribution is 14.1. The Hall–Kier alpha value is -1.10. The van der Waals surface area contributed by atoms with Crippen LogP contribution >= 0.6 is 22.6 Å². The van der Waals surface area contributed by atoms with Crippen LogP contribution in [0.15, 0.2) is 47.3 Å². The lowest BCUT2D eigenvalue weighted by Crippen LogP contribution is -2.04. The molecule has 2 aromatic rings. The van der Waals surface area contributed by atoms with E-state index in [1.165, 1.54) is 0 Å². The molecule has 0 radical (unpaired) electrons. The Morgan fingerprint density at radius 2 is 2.07 bits per heavy atom. The maximum Gasteiger partial charge on any atom is 0.168 e. The number of halogens is 1. The maximum atomic E-state index is 11.9. The molecule has 0 spiro atoms. The lowest BCUT2D eigenvalue weighted by Gasteiger charge is -2.01. The van der Waals surface area contributed by atoms with Gasteiger partial charge in [-0.15, -0.1) is 0 Å². The molecule has 1 aromatic carbocycles. The van der Waals surface area contributed by atoms with Crippen molar-refractivity contribution in [3.63, 3.8) is 0 Å². The maximum absolute atomic E-state index is 11.9. The molecule has 0 amide bonds. The predicted molar refractivity (Wildman–Crippen MR) is 65.9 cm³/mol. The van der Waals surface area contributed by atoms with Crippen LogP contribution in [0.4, 0.5) is 0 Å². The van der Waals surface area contributed by atoms with E-state index in [-0.39, 0.29) is 5.78 Å². The van der Waals surface area contributed by atoms with Gasteiger partial charge in [0.05, 0.1) is 12.5 Å². The van der Waals surface area contributed by atoms with Crippen LogP contribution in [-0.2, 0) is 6.42 Å². The Balaban J connectivity index is 2.19. The molecule has 0 unspecified atom stereocenters. The van der Waals surface area contributed by atoms with Crippen molar-refractivity contribution in [2.45, 2.75) is 6.42 Å². The van der Waals surface area contributed by atoms with Gasteiger partial charge in [-0.2, -0.15) is 0 Å². The molecular weight excluding hydrogens is 303 g/mol. The average Bonchev–Trinajstić information content (AvgIpc) is 2.71. The summed E-state index contributed by atoms with van der Waals surface area (Å²) in [5, 5.41) is 0. The quantitative estimate of drug-likeness (QED) is 0.643. The van der Waals surface area contributed by atoms with Crippen molar-refractivity contribution in [2.75, 3.05) is 0 Å². The first-order valence-corrected chi connectivity index (χ1v) is 5.64. The number of carbonyl (C=O) groups excluding carboxylic acids is 1. The fourth-order valence-corrected chi connectivity index (χ4v) is 2.05. The molecule has 1 heterocycles.